The van der Waals surface area contributed by atoms with Crippen LogP contribution in [0.15, 0.2) is 54.3 Å². The van der Waals surface area contributed by atoms with Crippen molar-refractivity contribution >= 4 is 22.3 Å². The second kappa shape index (κ2) is 8.25. The van der Waals surface area contributed by atoms with Crippen LogP contribution in [0, 0.1) is 11.3 Å². The molecule has 1 fully saturated rings. The molecule has 0 aliphatic carbocycles. The minimum absolute atomic E-state index is 0.0430. The Morgan fingerprint density at radius 3 is 2.69 bits per heavy atom. The summed E-state index contributed by atoms with van der Waals surface area (Å²) >= 11 is 0. The van der Waals surface area contributed by atoms with Crippen molar-refractivity contribution in [3.63, 3.8) is 0 Å². The van der Waals surface area contributed by atoms with Gasteiger partial charge >= 0.3 is 0 Å². The second-order valence-corrected chi connectivity index (χ2v) is 7.00. The minimum atomic E-state index is 0.0430. The molecule has 0 unspecified atom stereocenters. The van der Waals surface area contributed by atoms with E-state index >= 15 is 0 Å². The molecule has 1 saturated heterocycles. The van der Waals surface area contributed by atoms with Gasteiger partial charge in [-0.15, -0.1) is 0 Å². The zero-order valence-corrected chi connectivity index (χ0v) is 16.3. The number of fused-ring (bicyclic) bond motifs is 1. The number of aliphatic hydroxyl groups excluding tert-OH is 1. The van der Waals surface area contributed by atoms with Crippen molar-refractivity contribution in [2.24, 2.45) is 0 Å². The Hall–Kier alpha value is -3.50. The number of methoxy groups -OCH3 is 1. The lowest BCUT2D eigenvalue weighted by Crippen LogP contribution is -2.47. The zero-order valence-electron chi connectivity index (χ0n) is 16.3. The van der Waals surface area contributed by atoms with Crippen molar-refractivity contribution in [2.45, 2.75) is 0 Å². The minimum Gasteiger partial charge on any atom is -0.509 e. The predicted molar refractivity (Wildman–Crippen MR) is 113 cm³/mol. The van der Waals surface area contributed by atoms with Crippen LogP contribution in [0.25, 0.3) is 16.6 Å². The van der Waals surface area contributed by atoms with Gasteiger partial charge in [-0.1, -0.05) is 18.2 Å². The highest BCUT2D eigenvalue weighted by atomic mass is 16.5. The highest BCUT2D eigenvalue weighted by molar-refractivity contribution is 5.82. The molecule has 0 spiro atoms. The Morgan fingerprint density at radius 2 is 1.97 bits per heavy atom. The standard InChI is InChI=1S/C22H23N5O2/c1-29-17-6-4-5-16(13-17)27-11-9-26(10-12-27)15-21(28)18(14-23)22-24-19-7-2-3-8-20(19)25-22/h2-8,13,28H,9-12,15H2,1H3,(H,24,25)/b21-18-. The van der Waals surface area contributed by atoms with Crippen LogP contribution < -0.4 is 9.64 Å². The number of hydrogen-bond donors (Lipinski definition) is 2. The summed E-state index contributed by atoms with van der Waals surface area (Å²) in [5, 5.41) is 20.2. The Balaban J connectivity index is 1.44. The number of aromatic nitrogens is 2. The number of nitrogens with one attached hydrogen (secondary N) is 1. The van der Waals surface area contributed by atoms with Crippen LogP contribution in [0.3, 0.4) is 0 Å². The molecule has 0 bridgehead atoms. The molecule has 2 N–H and O–H groups in total. The van der Waals surface area contributed by atoms with Crippen molar-refractivity contribution in [1.29, 1.82) is 5.26 Å². The fourth-order valence-electron chi connectivity index (χ4n) is 3.59. The lowest BCUT2D eigenvalue weighted by atomic mass is 10.2. The van der Waals surface area contributed by atoms with Crippen LogP contribution in [-0.2, 0) is 0 Å². The van der Waals surface area contributed by atoms with Crippen molar-refractivity contribution in [1.82, 2.24) is 14.9 Å². The summed E-state index contributed by atoms with van der Waals surface area (Å²) in [6, 6.07) is 17.7. The van der Waals surface area contributed by atoms with Crippen molar-refractivity contribution in [3.05, 3.63) is 60.1 Å². The molecule has 7 heteroatoms. The van der Waals surface area contributed by atoms with Crippen LogP contribution in [0.2, 0.25) is 0 Å². The van der Waals surface area contributed by atoms with E-state index in [1.54, 1.807) is 7.11 Å². The van der Waals surface area contributed by atoms with Gasteiger partial charge in [0.2, 0.25) is 0 Å². The molecular formula is C22H23N5O2. The molecule has 3 aromatic rings. The third-order valence-electron chi connectivity index (χ3n) is 5.19. The Bertz CT molecular complexity index is 1040. The maximum atomic E-state index is 10.6. The van der Waals surface area contributed by atoms with E-state index < -0.39 is 0 Å². The van der Waals surface area contributed by atoms with E-state index in [0.29, 0.717) is 12.4 Å². The lowest BCUT2D eigenvalue weighted by Gasteiger charge is -2.36. The first kappa shape index (κ1) is 18.8. The SMILES string of the molecule is COc1cccc(N2CCN(C/C(O)=C(\C#N)c3nc4ccccc4[nH]3)CC2)c1. The number of para-hydroxylation sites is 2. The quantitative estimate of drug-likeness (QED) is 0.515. The summed E-state index contributed by atoms with van der Waals surface area (Å²) in [6.07, 6.45) is 0. The number of aromatic amines is 1. The molecule has 0 saturated carbocycles. The van der Waals surface area contributed by atoms with E-state index in [0.717, 1.165) is 48.6 Å². The number of piperazine rings is 1. The molecule has 0 radical (unpaired) electrons. The third-order valence-corrected chi connectivity index (χ3v) is 5.19. The number of nitrogens with zero attached hydrogens (tertiary/aromatic N) is 4. The number of H-pyrrole nitrogens is 1. The number of anilines is 1. The number of allylic oxidation sites excluding steroid dienone is 1. The molecule has 148 valence electrons. The molecule has 2 aromatic carbocycles. The van der Waals surface area contributed by atoms with Crippen LogP contribution in [0.1, 0.15) is 5.82 Å². The van der Waals surface area contributed by atoms with Crippen LogP contribution in [0.4, 0.5) is 5.69 Å². The first-order chi connectivity index (χ1) is 14.2. The van der Waals surface area contributed by atoms with Crippen molar-refractivity contribution in [3.8, 4) is 11.8 Å². The number of rotatable bonds is 5. The monoisotopic (exact) mass is 389 g/mol. The average molecular weight is 389 g/mol. The number of benzene rings is 2. The van der Waals surface area contributed by atoms with Gasteiger partial charge in [0.15, 0.2) is 5.82 Å². The summed E-state index contributed by atoms with van der Waals surface area (Å²) in [5.41, 5.74) is 2.94. The summed E-state index contributed by atoms with van der Waals surface area (Å²) in [5.74, 6) is 1.29. The summed E-state index contributed by atoms with van der Waals surface area (Å²) in [7, 11) is 1.67. The van der Waals surface area contributed by atoms with Gasteiger partial charge in [0.05, 0.1) is 24.7 Å². The molecule has 29 heavy (non-hydrogen) atoms. The highest BCUT2D eigenvalue weighted by Crippen LogP contribution is 2.23. The normalized spacial score (nSPS) is 15.8. The third kappa shape index (κ3) is 4.03. The number of nitriles is 1. The fraction of sp³-hybridized carbons (Fsp3) is 0.273. The van der Waals surface area contributed by atoms with Crippen LogP contribution in [0.5, 0.6) is 5.75 Å². The molecule has 7 nitrogen and oxygen atoms in total. The van der Waals surface area contributed by atoms with Gasteiger partial charge in [0, 0.05) is 37.9 Å². The molecule has 0 amide bonds. The molecule has 1 aliphatic rings. The van der Waals surface area contributed by atoms with Crippen molar-refractivity contribution < 1.29 is 9.84 Å². The molecule has 2 heterocycles. The number of aliphatic hydroxyl groups is 1. The fourth-order valence-corrected chi connectivity index (χ4v) is 3.59. The smallest absolute Gasteiger partial charge is 0.152 e. The van der Waals surface area contributed by atoms with Gasteiger partial charge in [0.1, 0.15) is 23.2 Å². The van der Waals surface area contributed by atoms with E-state index in [9.17, 15) is 10.4 Å². The van der Waals surface area contributed by atoms with E-state index in [-0.39, 0.29) is 11.3 Å². The summed E-state index contributed by atoms with van der Waals surface area (Å²) < 4.78 is 5.31. The van der Waals surface area contributed by atoms with Gasteiger partial charge < -0.3 is 19.7 Å². The Morgan fingerprint density at radius 1 is 1.17 bits per heavy atom. The van der Waals surface area contributed by atoms with E-state index in [2.05, 4.69) is 31.9 Å². The molecular weight excluding hydrogens is 366 g/mol. The molecule has 1 aliphatic heterocycles. The Kier molecular flexibility index (Phi) is 5.36. The highest BCUT2D eigenvalue weighted by Gasteiger charge is 2.21. The lowest BCUT2D eigenvalue weighted by molar-refractivity contribution is 0.239. The zero-order chi connectivity index (χ0) is 20.2. The first-order valence-electron chi connectivity index (χ1n) is 9.56. The van der Waals surface area contributed by atoms with Gasteiger partial charge in [-0.05, 0) is 24.3 Å². The number of imidazole rings is 1. The van der Waals surface area contributed by atoms with Gasteiger partial charge in [-0.2, -0.15) is 5.26 Å². The second-order valence-electron chi connectivity index (χ2n) is 7.00. The Labute approximate surface area is 169 Å². The maximum absolute atomic E-state index is 10.6. The molecule has 4 rings (SSSR count). The van der Waals surface area contributed by atoms with Crippen LogP contribution >= 0.6 is 0 Å². The number of ether oxygens (including phenoxy) is 1. The van der Waals surface area contributed by atoms with Crippen LogP contribution in [-0.4, -0.2) is 59.8 Å². The largest absolute Gasteiger partial charge is 0.509 e. The maximum Gasteiger partial charge on any atom is 0.152 e. The molecule has 1 aromatic heterocycles. The van der Waals surface area contributed by atoms with Crippen molar-refractivity contribution in [2.75, 3.05) is 44.7 Å². The topological polar surface area (TPSA) is 88.4 Å². The predicted octanol–water partition coefficient (Wildman–Crippen LogP) is 3.19. The molecule has 0 atom stereocenters. The average Bonchev–Trinajstić information content (AvgIpc) is 3.18. The number of hydrogen-bond acceptors (Lipinski definition) is 6. The van der Waals surface area contributed by atoms with E-state index in [1.807, 2.05) is 42.5 Å². The van der Waals surface area contributed by atoms with Gasteiger partial charge in [-0.25, -0.2) is 4.98 Å². The van der Waals surface area contributed by atoms with Gasteiger partial charge in [-0.3, -0.25) is 4.90 Å². The van der Waals surface area contributed by atoms with E-state index in [1.165, 1.54) is 0 Å². The van der Waals surface area contributed by atoms with E-state index in [4.69, 9.17) is 4.74 Å². The van der Waals surface area contributed by atoms with Gasteiger partial charge in [0.25, 0.3) is 0 Å². The summed E-state index contributed by atoms with van der Waals surface area (Å²) in [6.45, 7) is 3.59. The summed E-state index contributed by atoms with van der Waals surface area (Å²) in [4.78, 5) is 12.0. The first-order valence-corrected chi connectivity index (χ1v) is 9.56.